The molecule has 8 heteroatoms. The van der Waals surface area contributed by atoms with Crippen molar-refractivity contribution in [2.45, 2.75) is 12.8 Å². The first-order valence-corrected chi connectivity index (χ1v) is 5.50. The van der Waals surface area contributed by atoms with E-state index >= 15 is 0 Å². The molecule has 1 aromatic rings. The van der Waals surface area contributed by atoms with Crippen LogP contribution in [-0.2, 0) is 0 Å². The molecule has 0 spiro atoms. The lowest BCUT2D eigenvalue weighted by atomic mass is 10.1. The standard InChI is InChI=1S/C11H12F2N2O4/c12-8-6-10(15(18)19)9(13)5-7(8)11(17)14-3-1-2-4-16/h5-6,16H,1-4H2,(H,14,17). The van der Waals surface area contributed by atoms with E-state index in [2.05, 4.69) is 5.32 Å². The number of benzene rings is 1. The van der Waals surface area contributed by atoms with Gasteiger partial charge in [0.15, 0.2) is 0 Å². The predicted octanol–water partition coefficient (Wildman–Crippen LogP) is 1.38. The second kappa shape index (κ2) is 6.74. The number of carbonyl (C=O) groups excluding carboxylic acids is 1. The van der Waals surface area contributed by atoms with E-state index < -0.39 is 33.7 Å². The third kappa shape index (κ3) is 3.95. The molecule has 0 bridgehead atoms. The molecule has 0 aromatic heterocycles. The van der Waals surface area contributed by atoms with E-state index in [4.69, 9.17) is 5.11 Å². The summed E-state index contributed by atoms with van der Waals surface area (Å²) >= 11 is 0. The van der Waals surface area contributed by atoms with E-state index in [-0.39, 0.29) is 13.2 Å². The number of unbranched alkanes of at least 4 members (excludes halogenated alkanes) is 1. The van der Waals surface area contributed by atoms with Gasteiger partial charge in [0.2, 0.25) is 5.82 Å². The Balaban J connectivity index is 2.81. The molecule has 2 N–H and O–H groups in total. The van der Waals surface area contributed by atoms with Crippen LogP contribution in [0.25, 0.3) is 0 Å². The van der Waals surface area contributed by atoms with E-state index in [1.807, 2.05) is 0 Å². The lowest BCUT2D eigenvalue weighted by Crippen LogP contribution is -2.25. The van der Waals surface area contributed by atoms with E-state index in [9.17, 15) is 23.7 Å². The molecule has 0 heterocycles. The zero-order valence-corrected chi connectivity index (χ0v) is 9.86. The summed E-state index contributed by atoms with van der Waals surface area (Å²) in [5.74, 6) is -3.29. The van der Waals surface area contributed by atoms with Gasteiger partial charge in [-0.2, -0.15) is 4.39 Å². The Bertz CT molecular complexity index is 494. The molecule has 1 rings (SSSR count). The molecule has 1 aromatic carbocycles. The molecule has 6 nitrogen and oxygen atoms in total. The van der Waals surface area contributed by atoms with Crippen LogP contribution in [0.1, 0.15) is 23.2 Å². The van der Waals surface area contributed by atoms with Gasteiger partial charge >= 0.3 is 5.69 Å². The van der Waals surface area contributed by atoms with E-state index in [0.29, 0.717) is 25.0 Å². The zero-order valence-electron chi connectivity index (χ0n) is 9.86. The van der Waals surface area contributed by atoms with E-state index in [1.54, 1.807) is 0 Å². The molecular weight excluding hydrogens is 262 g/mol. The minimum atomic E-state index is -1.27. The second-order valence-corrected chi connectivity index (χ2v) is 3.73. The molecule has 0 fully saturated rings. The highest BCUT2D eigenvalue weighted by Gasteiger charge is 2.21. The molecule has 0 radical (unpaired) electrons. The number of nitro benzene ring substituents is 1. The Morgan fingerprint density at radius 2 is 2.00 bits per heavy atom. The molecule has 0 aliphatic heterocycles. The van der Waals surface area contributed by atoms with Crippen molar-refractivity contribution < 1.29 is 23.6 Å². The summed E-state index contributed by atoms with van der Waals surface area (Å²) in [6, 6.07) is 0.868. The minimum Gasteiger partial charge on any atom is -0.396 e. The van der Waals surface area contributed by atoms with Crippen LogP contribution in [0.2, 0.25) is 0 Å². The number of nitrogens with one attached hydrogen (secondary N) is 1. The molecule has 0 aliphatic carbocycles. The van der Waals surface area contributed by atoms with E-state index in [1.165, 1.54) is 0 Å². The number of aliphatic hydroxyl groups excluding tert-OH is 1. The molecule has 0 saturated carbocycles. The van der Waals surface area contributed by atoms with Gasteiger partial charge in [0.1, 0.15) is 5.82 Å². The lowest BCUT2D eigenvalue weighted by Gasteiger charge is -2.06. The summed E-state index contributed by atoms with van der Waals surface area (Å²) in [5.41, 5.74) is -1.61. The van der Waals surface area contributed by atoms with Crippen LogP contribution in [0.4, 0.5) is 14.5 Å². The zero-order chi connectivity index (χ0) is 14.4. The molecule has 19 heavy (non-hydrogen) atoms. The molecule has 1 amide bonds. The summed E-state index contributed by atoms with van der Waals surface area (Å²) in [7, 11) is 0. The number of nitrogens with zero attached hydrogens (tertiary/aromatic N) is 1. The number of aliphatic hydroxyl groups is 1. The highest BCUT2D eigenvalue weighted by molar-refractivity contribution is 5.94. The first kappa shape index (κ1) is 15.0. The minimum absolute atomic E-state index is 0.0314. The molecular formula is C11H12F2N2O4. The van der Waals surface area contributed by atoms with Crippen LogP contribution in [0, 0.1) is 21.7 Å². The molecule has 104 valence electrons. The summed E-state index contributed by atoms with van der Waals surface area (Å²) in [6.07, 6.45) is 0.955. The van der Waals surface area contributed by atoms with Crippen molar-refractivity contribution in [3.63, 3.8) is 0 Å². The SMILES string of the molecule is O=C(NCCCCO)c1cc(F)c([N+](=O)[O-])cc1F. The fraction of sp³-hybridized carbons (Fsp3) is 0.364. The normalized spacial score (nSPS) is 10.3. The maximum absolute atomic E-state index is 13.4. The van der Waals surface area contributed by atoms with Crippen molar-refractivity contribution in [3.05, 3.63) is 39.4 Å². The van der Waals surface area contributed by atoms with Gasteiger partial charge in [-0.15, -0.1) is 0 Å². The van der Waals surface area contributed by atoms with E-state index in [0.717, 1.165) is 0 Å². The quantitative estimate of drug-likeness (QED) is 0.465. The van der Waals surface area contributed by atoms with Crippen LogP contribution in [-0.4, -0.2) is 29.1 Å². The molecule has 0 unspecified atom stereocenters. The smallest absolute Gasteiger partial charge is 0.307 e. The third-order valence-corrected chi connectivity index (χ3v) is 2.35. The number of hydrogen-bond acceptors (Lipinski definition) is 4. The average Bonchev–Trinajstić information content (AvgIpc) is 2.36. The third-order valence-electron chi connectivity index (χ3n) is 2.35. The van der Waals surface area contributed by atoms with Gasteiger partial charge in [0, 0.05) is 13.2 Å². The van der Waals surface area contributed by atoms with Gasteiger partial charge < -0.3 is 10.4 Å². The van der Waals surface area contributed by atoms with Crippen LogP contribution in [0.5, 0.6) is 0 Å². The van der Waals surface area contributed by atoms with Crippen molar-refractivity contribution >= 4 is 11.6 Å². The van der Waals surface area contributed by atoms with Crippen molar-refractivity contribution in [1.82, 2.24) is 5.32 Å². The Morgan fingerprint density at radius 1 is 1.32 bits per heavy atom. The molecule has 0 atom stereocenters. The number of amides is 1. The Morgan fingerprint density at radius 3 is 2.58 bits per heavy atom. The maximum Gasteiger partial charge on any atom is 0.307 e. The average molecular weight is 274 g/mol. The maximum atomic E-state index is 13.4. The molecule has 0 saturated heterocycles. The first-order chi connectivity index (χ1) is 8.97. The fourth-order valence-corrected chi connectivity index (χ4v) is 1.38. The number of nitro groups is 1. The highest BCUT2D eigenvalue weighted by atomic mass is 19.1. The Labute approximate surface area is 107 Å². The van der Waals surface area contributed by atoms with Gasteiger partial charge in [-0.1, -0.05) is 0 Å². The fourth-order valence-electron chi connectivity index (χ4n) is 1.38. The number of rotatable bonds is 6. The van der Waals surface area contributed by atoms with Gasteiger partial charge in [-0.05, 0) is 18.9 Å². The number of halogens is 2. The highest BCUT2D eigenvalue weighted by Crippen LogP contribution is 2.21. The lowest BCUT2D eigenvalue weighted by molar-refractivity contribution is -0.387. The summed E-state index contributed by atoms with van der Waals surface area (Å²) in [4.78, 5) is 20.8. The van der Waals surface area contributed by atoms with Gasteiger partial charge in [-0.3, -0.25) is 14.9 Å². The van der Waals surface area contributed by atoms with Gasteiger partial charge in [-0.25, -0.2) is 4.39 Å². The van der Waals surface area contributed by atoms with Crippen molar-refractivity contribution in [3.8, 4) is 0 Å². The first-order valence-electron chi connectivity index (χ1n) is 5.50. The number of hydrogen-bond donors (Lipinski definition) is 2. The van der Waals surface area contributed by atoms with Crippen LogP contribution >= 0.6 is 0 Å². The van der Waals surface area contributed by atoms with Gasteiger partial charge in [0.05, 0.1) is 16.6 Å². The van der Waals surface area contributed by atoms with Crippen molar-refractivity contribution in [1.29, 1.82) is 0 Å². The second-order valence-electron chi connectivity index (χ2n) is 3.73. The number of carbonyl (C=O) groups is 1. The topological polar surface area (TPSA) is 92.5 Å². The summed E-state index contributed by atoms with van der Waals surface area (Å²) in [5, 5.41) is 21.2. The van der Waals surface area contributed by atoms with Crippen LogP contribution < -0.4 is 5.32 Å². The van der Waals surface area contributed by atoms with Crippen LogP contribution in [0.15, 0.2) is 12.1 Å². The monoisotopic (exact) mass is 274 g/mol. The van der Waals surface area contributed by atoms with Crippen LogP contribution in [0.3, 0.4) is 0 Å². The summed E-state index contributed by atoms with van der Waals surface area (Å²) < 4.78 is 26.7. The summed E-state index contributed by atoms with van der Waals surface area (Å²) in [6.45, 7) is 0.161. The van der Waals surface area contributed by atoms with Crippen molar-refractivity contribution in [2.24, 2.45) is 0 Å². The van der Waals surface area contributed by atoms with Crippen molar-refractivity contribution in [2.75, 3.05) is 13.2 Å². The Kier molecular flexibility index (Phi) is 5.31. The predicted molar refractivity (Wildman–Crippen MR) is 61.7 cm³/mol. The van der Waals surface area contributed by atoms with Gasteiger partial charge in [0.25, 0.3) is 5.91 Å². The molecule has 0 aliphatic rings. The largest absolute Gasteiger partial charge is 0.396 e. The Hall–Kier alpha value is -2.09.